The van der Waals surface area contributed by atoms with Gasteiger partial charge in [0.2, 0.25) is 0 Å². The number of thiophene rings is 1. The zero-order valence-electron chi connectivity index (χ0n) is 19.4. The van der Waals surface area contributed by atoms with Gasteiger partial charge in [-0.15, -0.1) is 0 Å². The monoisotopic (exact) mass is 493 g/mol. The van der Waals surface area contributed by atoms with Crippen molar-refractivity contribution in [2.24, 2.45) is 5.73 Å². The predicted molar refractivity (Wildman–Crippen MR) is 135 cm³/mol. The van der Waals surface area contributed by atoms with E-state index in [1.165, 1.54) is 39.8 Å². The van der Waals surface area contributed by atoms with Crippen molar-refractivity contribution in [1.29, 1.82) is 0 Å². The number of urea groups is 1. The highest BCUT2D eigenvalue weighted by molar-refractivity contribution is 7.23. The van der Waals surface area contributed by atoms with Gasteiger partial charge in [-0.3, -0.25) is 19.1 Å². The highest BCUT2D eigenvalue weighted by Crippen LogP contribution is 2.42. The molecule has 0 bridgehead atoms. The van der Waals surface area contributed by atoms with Crippen LogP contribution in [0, 0.1) is 12.7 Å². The molecule has 0 aliphatic rings. The molecule has 2 aromatic heterocycles. The van der Waals surface area contributed by atoms with Crippen molar-refractivity contribution in [2.45, 2.75) is 26.3 Å². The molecule has 0 atom stereocenters. The molecular weight excluding hydrogens is 469 g/mol. The van der Waals surface area contributed by atoms with Gasteiger partial charge in [0, 0.05) is 17.0 Å². The van der Waals surface area contributed by atoms with Crippen LogP contribution in [0.3, 0.4) is 0 Å². The van der Waals surface area contributed by atoms with E-state index in [0.717, 1.165) is 11.3 Å². The number of aryl methyl sites for hydroxylation is 1. The maximum absolute atomic E-state index is 13.9. The summed E-state index contributed by atoms with van der Waals surface area (Å²) < 4.78 is 15.4. The number of nitrogens with zero attached hydrogens (tertiary/aromatic N) is 2. The number of primary amides is 1. The Kier molecular flexibility index (Phi) is 6.31. The van der Waals surface area contributed by atoms with Crippen molar-refractivity contribution in [3.8, 4) is 5.69 Å². The Hall–Kier alpha value is -3.82. The summed E-state index contributed by atoms with van der Waals surface area (Å²) in [5, 5.41) is 10.6. The van der Waals surface area contributed by atoms with Crippen LogP contribution in [-0.4, -0.2) is 33.6 Å². The molecule has 3 N–H and O–H groups in total. The third-order valence-corrected chi connectivity index (χ3v) is 6.98. The predicted octanol–water partition coefficient (Wildman–Crippen LogP) is 4.39. The molecule has 0 aliphatic heterocycles. The van der Waals surface area contributed by atoms with Crippen molar-refractivity contribution in [1.82, 2.24) is 4.57 Å². The minimum absolute atomic E-state index is 0.140. The molecule has 0 fully saturated rings. The van der Waals surface area contributed by atoms with Gasteiger partial charge < -0.3 is 10.8 Å². The van der Waals surface area contributed by atoms with Crippen LogP contribution in [0.1, 0.15) is 35.3 Å². The van der Waals surface area contributed by atoms with Crippen LogP contribution in [-0.2, 0) is 0 Å². The molecule has 7 nitrogen and oxygen atoms in total. The summed E-state index contributed by atoms with van der Waals surface area (Å²) in [4.78, 5) is 41.0. The van der Waals surface area contributed by atoms with Crippen molar-refractivity contribution < 1.29 is 19.1 Å². The molecule has 0 saturated heterocycles. The molecule has 2 aromatic carbocycles. The normalized spacial score (nSPS) is 11.6. The number of anilines is 1. The number of aromatic nitrogens is 1. The Morgan fingerprint density at radius 3 is 2.40 bits per heavy atom. The van der Waals surface area contributed by atoms with E-state index in [9.17, 15) is 23.9 Å². The SMILES string of the molecule is Cc1cc(C(=O)c2c(N(C(N)=O)C(C)(C)CO)sc3c2ccc(=O)n3-c2ccccc2)ccc1F. The minimum Gasteiger partial charge on any atom is -0.394 e. The summed E-state index contributed by atoms with van der Waals surface area (Å²) in [5.41, 5.74) is 5.49. The molecule has 9 heteroatoms. The zero-order chi connectivity index (χ0) is 25.5. The topological polar surface area (TPSA) is 106 Å². The molecule has 4 aromatic rings. The number of para-hydroxylation sites is 1. The van der Waals surface area contributed by atoms with E-state index in [2.05, 4.69) is 0 Å². The summed E-state index contributed by atoms with van der Waals surface area (Å²) in [5.74, 6) is -0.914. The first-order valence-corrected chi connectivity index (χ1v) is 11.6. The van der Waals surface area contributed by atoms with Crippen LogP contribution >= 0.6 is 11.3 Å². The summed E-state index contributed by atoms with van der Waals surface area (Å²) in [7, 11) is 0. The highest BCUT2D eigenvalue weighted by atomic mass is 32.1. The molecule has 0 saturated carbocycles. The van der Waals surface area contributed by atoms with Crippen molar-refractivity contribution in [3.63, 3.8) is 0 Å². The number of nitrogens with two attached hydrogens (primary N) is 1. The molecule has 4 rings (SSSR count). The first kappa shape index (κ1) is 24.3. The van der Waals surface area contributed by atoms with E-state index in [4.69, 9.17) is 5.73 Å². The lowest BCUT2D eigenvalue weighted by Gasteiger charge is -2.35. The average Bonchev–Trinajstić information content (AvgIpc) is 3.18. The van der Waals surface area contributed by atoms with Crippen LogP contribution in [0.2, 0.25) is 0 Å². The number of carbonyl (C=O) groups is 2. The Morgan fingerprint density at radius 1 is 1.11 bits per heavy atom. The van der Waals surface area contributed by atoms with Gasteiger partial charge in [0.1, 0.15) is 15.6 Å². The van der Waals surface area contributed by atoms with Gasteiger partial charge in [-0.05, 0) is 62.7 Å². The van der Waals surface area contributed by atoms with Gasteiger partial charge in [0.25, 0.3) is 5.56 Å². The summed E-state index contributed by atoms with van der Waals surface area (Å²) in [6.45, 7) is 4.35. The lowest BCUT2D eigenvalue weighted by Crippen LogP contribution is -2.53. The molecule has 0 aliphatic carbocycles. The maximum atomic E-state index is 13.9. The number of ketones is 1. The number of halogens is 1. The summed E-state index contributed by atoms with van der Waals surface area (Å²) in [6.07, 6.45) is 0. The second-order valence-corrected chi connectivity index (χ2v) is 9.76. The molecule has 2 heterocycles. The van der Waals surface area contributed by atoms with Crippen LogP contribution in [0.4, 0.5) is 14.2 Å². The summed E-state index contributed by atoms with van der Waals surface area (Å²) in [6, 6.07) is 14.9. The van der Waals surface area contributed by atoms with Crippen molar-refractivity contribution >= 4 is 38.4 Å². The molecule has 35 heavy (non-hydrogen) atoms. The van der Waals surface area contributed by atoms with Gasteiger partial charge >= 0.3 is 6.03 Å². The summed E-state index contributed by atoms with van der Waals surface area (Å²) >= 11 is 1.05. The van der Waals surface area contributed by atoms with E-state index in [-0.39, 0.29) is 21.7 Å². The zero-order valence-corrected chi connectivity index (χ0v) is 20.2. The Bertz CT molecular complexity index is 1510. The Balaban J connectivity index is 2.11. The molecule has 0 unspecified atom stereocenters. The van der Waals surface area contributed by atoms with E-state index >= 15 is 0 Å². The lowest BCUT2D eigenvalue weighted by molar-refractivity contribution is 0.104. The smallest absolute Gasteiger partial charge is 0.320 e. The van der Waals surface area contributed by atoms with Crippen LogP contribution in [0.25, 0.3) is 15.9 Å². The number of carbonyl (C=O) groups excluding carboxylic acids is 2. The van der Waals surface area contributed by atoms with Crippen LogP contribution in [0.5, 0.6) is 0 Å². The fraction of sp³-hybridized carbons (Fsp3) is 0.192. The van der Waals surface area contributed by atoms with Crippen molar-refractivity contribution in [2.75, 3.05) is 11.5 Å². The van der Waals surface area contributed by atoms with Gasteiger partial charge in [-0.25, -0.2) is 9.18 Å². The third kappa shape index (κ3) is 4.24. The number of rotatable bonds is 6. The van der Waals surface area contributed by atoms with E-state index in [0.29, 0.717) is 21.5 Å². The second kappa shape index (κ2) is 9.09. The van der Waals surface area contributed by atoms with E-state index in [1.807, 2.05) is 6.07 Å². The number of hydrogen-bond donors (Lipinski definition) is 2. The third-order valence-electron chi connectivity index (χ3n) is 5.80. The largest absolute Gasteiger partial charge is 0.394 e. The fourth-order valence-electron chi connectivity index (χ4n) is 3.94. The van der Waals surface area contributed by atoms with Gasteiger partial charge in [0.05, 0.1) is 23.4 Å². The second-order valence-electron chi connectivity index (χ2n) is 8.78. The molecule has 0 radical (unpaired) electrons. The molecule has 2 amide bonds. The number of benzene rings is 2. The lowest BCUT2D eigenvalue weighted by atomic mass is 9.98. The van der Waals surface area contributed by atoms with E-state index < -0.39 is 29.8 Å². The number of hydrogen-bond acceptors (Lipinski definition) is 5. The highest BCUT2D eigenvalue weighted by Gasteiger charge is 2.36. The van der Waals surface area contributed by atoms with Gasteiger partial charge in [0.15, 0.2) is 5.78 Å². The Morgan fingerprint density at radius 2 is 1.80 bits per heavy atom. The quantitative estimate of drug-likeness (QED) is 0.389. The Labute approximate surface area is 204 Å². The average molecular weight is 494 g/mol. The minimum atomic E-state index is -1.15. The van der Waals surface area contributed by atoms with Gasteiger partial charge in [-0.1, -0.05) is 29.5 Å². The number of pyridine rings is 1. The maximum Gasteiger partial charge on any atom is 0.320 e. The van der Waals surface area contributed by atoms with Crippen LogP contribution in [0.15, 0.2) is 65.5 Å². The van der Waals surface area contributed by atoms with Crippen LogP contribution < -0.4 is 16.2 Å². The molecular formula is C26H24FN3O4S. The van der Waals surface area contributed by atoms with Crippen molar-refractivity contribution in [3.05, 3.63) is 93.5 Å². The number of aliphatic hydroxyl groups excluding tert-OH is 1. The first-order chi connectivity index (χ1) is 16.6. The number of fused-ring (bicyclic) bond motifs is 1. The molecule has 180 valence electrons. The molecule has 0 spiro atoms. The van der Waals surface area contributed by atoms with Gasteiger partial charge in [-0.2, -0.15) is 0 Å². The standard InChI is InChI=1S/C26H24FN3O4S/c1-15-13-16(9-11-19(15)27)22(33)21-18-10-12-20(32)29(17-7-5-4-6-8-17)23(18)35-24(21)30(25(28)34)26(2,3)14-31/h4-13,31H,14H2,1-3H3,(H2,28,34). The number of aliphatic hydroxyl groups is 1. The number of amides is 2. The first-order valence-electron chi connectivity index (χ1n) is 10.8. The van der Waals surface area contributed by atoms with E-state index in [1.54, 1.807) is 45.0 Å². The fourth-order valence-corrected chi connectivity index (χ4v) is 5.43.